The summed E-state index contributed by atoms with van der Waals surface area (Å²) in [5.41, 5.74) is 1.72. The highest BCUT2D eigenvalue weighted by Crippen LogP contribution is 2.27. The van der Waals surface area contributed by atoms with Crippen molar-refractivity contribution in [3.8, 4) is 17.3 Å². The van der Waals surface area contributed by atoms with Gasteiger partial charge in [-0.05, 0) is 89.6 Å². The maximum absolute atomic E-state index is 13.3. The lowest BCUT2D eigenvalue weighted by molar-refractivity contribution is 0.102. The first-order valence-electron chi connectivity index (χ1n) is 10.5. The smallest absolute Gasteiger partial charge is 0.268 e. The molecule has 1 N–H and O–H groups in total. The van der Waals surface area contributed by atoms with Crippen molar-refractivity contribution in [3.63, 3.8) is 0 Å². The van der Waals surface area contributed by atoms with Crippen molar-refractivity contribution in [3.05, 3.63) is 111 Å². The molecule has 1 amide bonds. The van der Waals surface area contributed by atoms with E-state index in [0.717, 1.165) is 4.47 Å². The molecule has 3 aromatic heterocycles. The molecule has 0 aliphatic carbocycles. The van der Waals surface area contributed by atoms with E-state index in [1.54, 1.807) is 48.0 Å². The van der Waals surface area contributed by atoms with E-state index in [4.69, 9.17) is 4.74 Å². The van der Waals surface area contributed by atoms with Crippen molar-refractivity contribution in [1.29, 1.82) is 0 Å². The Balaban J connectivity index is 1.35. The number of rotatable bonds is 5. The van der Waals surface area contributed by atoms with E-state index in [-0.39, 0.29) is 5.56 Å². The van der Waals surface area contributed by atoms with Crippen LogP contribution in [0.2, 0.25) is 0 Å². The van der Waals surface area contributed by atoms with Crippen molar-refractivity contribution in [2.24, 2.45) is 0 Å². The Morgan fingerprint density at radius 1 is 1.06 bits per heavy atom. The molecule has 0 aliphatic heterocycles. The molecule has 0 radical (unpaired) electrons. The third-order valence-corrected chi connectivity index (χ3v) is 5.70. The highest BCUT2D eigenvalue weighted by Gasteiger charge is 2.16. The van der Waals surface area contributed by atoms with E-state index in [0.29, 0.717) is 34.2 Å². The summed E-state index contributed by atoms with van der Waals surface area (Å²) in [6, 6.07) is 17.2. The van der Waals surface area contributed by atoms with Gasteiger partial charge >= 0.3 is 0 Å². The Morgan fingerprint density at radius 2 is 1.80 bits per heavy atom. The Morgan fingerprint density at radius 3 is 2.54 bits per heavy atom. The highest BCUT2D eigenvalue weighted by molar-refractivity contribution is 9.10. The lowest BCUT2D eigenvalue weighted by atomic mass is 10.2. The van der Waals surface area contributed by atoms with Crippen LogP contribution >= 0.6 is 15.9 Å². The zero-order valence-corrected chi connectivity index (χ0v) is 19.9. The number of carbonyl (C=O) groups excluding carboxylic acids is 1. The van der Waals surface area contributed by atoms with Crippen LogP contribution in [0.5, 0.6) is 11.6 Å². The molecule has 5 rings (SSSR count). The molecular weight excluding hydrogens is 517 g/mol. The standard InChI is InChI=1S/C25H17BrFN5O3/c1-15-2-11-21(25(34)32(15)19-7-3-17(27)4-8-19)23(33)30-18-5-9-20(10-6-18)35-24-22-12-16(26)13-31(22)29-14-28-24/h2-14H,1H3,(H,30,33). The molecule has 0 atom stereocenters. The van der Waals surface area contributed by atoms with Crippen LogP contribution in [0.1, 0.15) is 16.1 Å². The summed E-state index contributed by atoms with van der Waals surface area (Å²) in [5.74, 6) is -0.0835. The summed E-state index contributed by atoms with van der Waals surface area (Å²) in [7, 11) is 0. The lowest BCUT2D eigenvalue weighted by Crippen LogP contribution is -2.29. The topological polar surface area (TPSA) is 90.5 Å². The van der Waals surface area contributed by atoms with Crippen LogP contribution in [0.3, 0.4) is 0 Å². The van der Waals surface area contributed by atoms with Crippen molar-refractivity contribution in [2.75, 3.05) is 5.32 Å². The minimum absolute atomic E-state index is 0.0394. The van der Waals surface area contributed by atoms with Crippen LogP contribution in [-0.4, -0.2) is 25.1 Å². The molecule has 0 fully saturated rings. The molecule has 174 valence electrons. The molecule has 2 aromatic carbocycles. The number of benzene rings is 2. The number of aryl methyl sites for hydroxylation is 1. The number of hydrogen-bond donors (Lipinski definition) is 1. The number of nitrogens with one attached hydrogen (secondary N) is 1. The van der Waals surface area contributed by atoms with Gasteiger partial charge in [-0.25, -0.2) is 8.91 Å². The molecule has 0 aliphatic rings. The Labute approximate surface area is 206 Å². The SMILES string of the molecule is Cc1ccc(C(=O)Nc2ccc(Oc3ncnn4cc(Br)cc34)cc2)c(=O)n1-c1ccc(F)cc1. The molecule has 10 heteroatoms. The van der Waals surface area contributed by atoms with Gasteiger partial charge in [0.1, 0.15) is 29.0 Å². The van der Waals surface area contributed by atoms with Gasteiger partial charge in [0.15, 0.2) is 0 Å². The van der Waals surface area contributed by atoms with Gasteiger partial charge in [-0.3, -0.25) is 14.2 Å². The van der Waals surface area contributed by atoms with Crippen molar-refractivity contribution in [1.82, 2.24) is 19.2 Å². The molecule has 0 bridgehead atoms. The first-order valence-corrected chi connectivity index (χ1v) is 11.2. The second-order valence-corrected chi connectivity index (χ2v) is 8.55. The number of ether oxygens (including phenoxy) is 1. The van der Waals surface area contributed by atoms with Gasteiger partial charge in [-0.2, -0.15) is 10.1 Å². The van der Waals surface area contributed by atoms with E-state index in [1.165, 1.54) is 41.2 Å². The summed E-state index contributed by atoms with van der Waals surface area (Å²) in [6.45, 7) is 1.74. The molecule has 35 heavy (non-hydrogen) atoms. The van der Waals surface area contributed by atoms with Crippen LogP contribution in [-0.2, 0) is 0 Å². The van der Waals surface area contributed by atoms with E-state index in [1.807, 2.05) is 6.07 Å². The van der Waals surface area contributed by atoms with E-state index in [2.05, 4.69) is 31.3 Å². The zero-order valence-electron chi connectivity index (χ0n) is 18.3. The minimum Gasteiger partial charge on any atom is -0.437 e. The van der Waals surface area contributed by atoms with Crippen LogP contribution in [0.25, 0.3) is 11.2 Å². The van der Waals surface area contributed by atoms with Gasteiger partial charge in [-0.15, -0.1) is 0 Å². The highest BCUT2D eigenvalue weighted by atomic mass is 79.9. The maximum atomic E-state index is 13.3. The number of aromatic nitrogens is 4. The van der Waals surface area contributed by atoms with Gasteiger partial charge in [0, 0.05) is 27.7 Å². The average Bonchev–Trinajstić information content (AvgIpc) is 3.23. The van der Waals surface area contributed by atoms with Crippen LogP contribution in [0.15, 0.2) is 88.5 Å². The monoisotopic (exact) mass is 533 g/mol. The van der Waals surface area contributed by atoms with E-state index < -0.39 is 17.3 Å². The van der Waals surface area contributed by atoms with Gasteiger partial charge in [0.2, 0.25) is 5.88 Å². The molecule has 0 saturated carbocycles. The fraction of sp³-hybridized carbons (Fsp3) is 0.0400. The number of fused-ring (bicyclic) bond motifs is 1. The molecule has 3 heterocycles. The third-order valence-electron chi connectivity index (χ3n) is 5.27. The number of anilines is 1. The predicted molar refractivity (Wildman–Crippen MR) is 132 cm³/mol. The summed E-state index contributed by atoms with van der Waals surface area (Å²) < 4.78 is 23.0. The fourth-order valence-corrected chi connectivity index (χ4v) is 4.00. The largest absolute Gasteiger partial charge is 0.437 e. The summed E-state index contributed by atoms with van der Waals surface area (Å²) in [4.78, 5) is 30.1. The summed E-state index contributed by atoms with van der Waals surface area (Å²) in [5, 5.41) is 6.85. The Kier molecular flexibility index (Phi) is 5.87. The summed E-state index contributed by atoms with van der Waals surface area (Å²) in [6.07, 6.45) is 3.18. The van der Waals surface area contributed by atoms with E-state index in [9.17, 15) is 14.0 Å². The number of amides is 1. The molecule has 0 unspecified atom stereocenters. The average molecular weight is 534 g/mol. The molecule has 5 aromatic rings. The summed E-state index contributed by atoms with van der Waals surface area (Å²) >= 11 is 3.40. The second kappa shape index (κ2) is 9.15. The second-order valence-electron chi connectivity index (χ2n) is 7.64. The van der Waals surface area contributed by atoms with Gasteiger partial charge in [-0.1, -0.05) is 0 Å². The first-order chi connectivity index (χ1) is 16.9. The Bertz CT molecular complexity index is 1610. The number of nitrogens with zero attached hydrogens (tertiary/aromatic N) is 4. The van der Waals surface area contributed by atoms with Crippen LogP contribution in [0.4, 0.5) is 10.1 Å². The zero-order chi connectivity index (χ0) is 24.5. The number of pyridine rings is 1. The normalized spacial score (nSPS) is 10.9. The van der Waals surface area contributed by atoms with Crippen LogP contribution in [0, 0.1) is 12.7 Å². The number of carbonyl (C=O) groups is 1. The first kappa shape index (κ1) is 22.5. The minimum atomic E-state index is -0.560. The third kappa shape index (κ3) is 4.56. The molecular formula is C25H17BrFN5O3. The quantitative estimate of drug-likeness (QED) is 0.338. The van der Waals surface area contributed by atoms with Gasteiger partial charge < -0.3 is 10.1 Å². The predicted octanol–water partition coefficient (Wildman–Crippen LogP) is 5.13. The van der Waals surface area contributed by atoms with E-state index >= 15 is 0 Å². The van der Waals surface area contributed by atoms with Crippen molar-refractivity contribution >= 4 is 33.0 Å². The molecule has 0 spiro atoms. The van der Waals surface area contributed by atoms with Crippen molar-refractivity contribution in [2.45, 2.75) is 6.92 Å². The number of hydrogen-bond acceptors (Lipinski definition) is 5. The maximum Gasteiger partial charge on any atom is 0.268 e. The Hall–Kier alpha value is -4.31. The number of halogens is 2. The van der Waals surface area contributed by atoms with Gasteiger partial charge in [0.25, 0.3) is 11.5 Å². The lowest BCUT2D eigenvalue weighted by Gasteiger charge is -2.12. The molecule has 8 nitrogen and oxygen atoms in total. The molecule has 0 saturated heterocycles. The van der Waals surface area contributed by atoms with Crippen LogP contribution < -0.4 is 15.6 Å². The van der Waals surface area contributed by atoms with Crippen molar-refractivity contribution < 1.29 is 13.9 Å². The van der Waals surface area contributed by atoms with Gasteiger partial charge in [0.05, 0.1) is 0 Å². The fourth-order valence-electron chi connectivity index (χ4n) is 3.58.